The predicted molar refractivity (Wildman–Crippen MR) is 98.5 cm³/mol. The first kappa shape index (κ1) is 17.8. The van der Waals surface area contributed by atoms with Crippen LogP contribution in [0.3, 0.4) is 0 Å². The molecule has 26 heavy (non-hydrogen) atoms. The molecule has 0 bridgehead atoms. The minimum atomic E-state index is -0.999. The average Bonchev–Trinajstić information content (AvgIpc) is 2.63. The zero-order chi connectivity index (χ0) is 18.5. The molecule has 0 spiro atoms. The van der Waals surface area contributed by atoms with Gasteiger partial charge in [0, 0.05) is 18.8 Å². The molecule has 0 unspecified atom stereocenters. The van der Waals surface area contributed by atoms with E-state index in [1.807, 2.05) is 55.5 Å². The van der Waals surface area contributed by atoms with Crippen LogP contribution in [0, 0.1) is 6.92 Å². The van der Waals surface area contributed by atoms with Gasteiger partial charge in [0.25, 0.3) is 0 Å². The lowest BCUT2D eigenvalue weighted by Gasteiger charge is -2.35. The van der Waals surface area contributed by atoms with Crippen LogP contribution in [0.2, 0.25) is 0 Å². The van der Waals surface area contributed by atoms with Crippen LogP contribution < -0.4 is 9.64 Å². The smallest absolute Gasteiger partial charge is 0.325 e. The third-order valence-corrected chi connectivity index (χ3v) is 4.34. The molecule has 1 N–H and O–H groups in total. The van der Waals surface area contributed by atoms with E-state index in [9.17, 15) is 9.59 Å². The molecule has 6 heteroatoms. The van der Waals surface area contributed by atoms with Crippen LogP contribution in [0.1, 0.15) is 17.5 Å². The summed E-state index contributed by atoms with van der Waals surface area (Å²) in [6, 6.07) is 15.3. The number of carbonyl (C=O) groups excluding carboxylic acids is 1. The second-order valence-electron chi connectivity index (χ2n) is 6.33. The fraction of sp³-hybridized carbons (Fsp3) is 0.300. The summed E-state index contributed by atoms with van der Waals surface area (Å²) in [6.07, 6.45) is 0.740. The molecule has 1 heterocycles. The highest BCUT2D eigenvalue weighted by molar-refractivity contribution is 5.94. The Labute approximate surface area is 152 Å². The van der Waals surface area contributed by atoms with Crippen molar-refractivity contribution in [3.05, 3.63) is 59.7 Å². The molecule has 2 aromatic carbocycles. The Balaban J connectivity index is 1.70. The molecular weight excluding hydrogens is 332 g/mol. The number of nitrogens with zero attached hydrogens (tertiary/aromatic N) is 2. The summed E-state index contributed by atoms with van der Waals surface area (Å²) in [6.45, 7) is 3.20. The number of carboxylic acids is 1. The van der Waals surface area contributed by atoms with Crippen molar-refractivity contribution in [2.75, 3.05) is 24.5 Å². The molecular formula is C20H22N2O4. The first-order chi connectivity index (χ1) is 12.5. The van der Waals surface area contributed by atoms with Gasteiger partial charge in [0.05, 0.1) is 0 Å². The second-order valence-corrected chi connectivity index (χ2v) is 6.33. The molecule has 0 radical (unpaired) electrons. The van der Waals surface area contributed by atoms with Crippen LogP contribution in [-0.4, -0.2) is 41.6 Å². The van der Waals surface area contributed by atoms with E-state index < -0.39 is 5.97 Å². The van der Waals surface area contributed by atoms with Crippen LogP contribution in [0.4, 0.5) is 10.5 Å². The summed E-state index contributed by atoms with van der Waals surface area (Å²) in [5.74, 6) is -0.231. The van der Waals surface area contributed by atoms with Crippen molar-refractivity contribution in [2.45, 2.75) is 20.0 Å². The fourth-order valence-electron chi connectivity index (χ4n) is 3.03. The van der Waals surface area contributed by atoms with Crippen LogP contribution in [0.15, 0.2) is 48.5 Å². The highest BCUT2D eigenvalue weighted by Gasteiger charge is 2.28. The summed E-state index contributed by atoms with van der Waals surface area (Å²) >= 11 is 0. The number of aliphatic carboxylic acids is 1. The van der Waals surface area contributed by atoms with Gasteiger partial charge in [0.15, 0.2) is 0 Å². The molecule has 0 aliphatic carbocycles. The minimum absolute atomic E-state index is 0.268. The van der Waals surface area contributed by atoms with Crippen LogP contribution in [-0.2, 0) is 11.4 Å². The Bertz CT molecular complexity index is 792. The summed E-state index contributed by atoms with van der Waals surface area (Å²) in [5.41, 5.74) is 2.78. The topological polar surface area (TPSA) is 70.1 Å². The number of carbonyl (C=O) groups is 2. The molecule has 6 nitrogen and oxygen atoms in total. The van der Waals surface area contributed by atoms with Gasteiger partial charge in [-0.2, -0.15) is 0 Å². The van der Waals surface area contributed by atoms with Crippen LogP contribution in [0.5, 0.6) is 5.75 Å². The van der Waals surface area contributed by atoms with Crippen molar-refractivity contribution in [2.24, 2.45) is 0 Å². The number of anilines is 1. The molecule has 2 amide bonds. The van der Waals surface area contributed by atoms with Gasteiger partial charge in [0.2, 0.25) is 0 Å². The highest BCUT2D eigenvalue weighted by Crippen LogP contribution is 2.27. The van der Waals surface area contributed by atoms with Crippen molar-refractivity contribution in [1.82, 2.24) is 4.90 Å². The maximum absolute atomic E-state index is 12.5. The van der Waals surface area contributed by atoms with Crippen molar-refractivity contribution < 1.29 is 19.4 Å². The van der Waals surface area contributed by atoms with Gasteiger partial charge < -0.3 is 14.7 Å². The van der Waals surface area contributed by atoms with Crippen LogP contribution >= 0.6 is 0 Å². The molecule has 1 aliphatic heterocycles. The summed E-state index contributed by atoms with van der Waals surface area (Å²) in [7, 11) is 0. The Hall–Kier alpha value is -3.02. The van der Waals surface area contributed by atoms with E-state index in [0.717, 1.165) is 29.0 Å². The van der Waals surface area contributed by atoms with Gasteiger partial charge in [0.1, 0.15) is 18.9 Å². The van der Waals surface area contributed by atoms with Gasteiger partial charge >= 0.3 is 12.0 Å². The monoisotopic (exact) mass is 354 g/mol. The third kappa shape index (κ3) is 4.14. The molecule has 1 aliphatic rings. The van der Waals surface area contributed by atoms with E-state index in [0.29, 0.717) is 19.7 Å². The first-order valence-electron chi connectivity index (χ1n) is 8.60. The number of urea groups is 1. The largest absolute Gasteiger partial charge is 0.489 e. The number of rotatable bonds is 6. The Kier molecular flexibility index (Phi) is 5.41. The highest BCUT2D eigenvalue weighted by atomic mass is 16.5. The molecule has 1 saturated heterocycles. The number of hydrogen-bond donors (Lipinski definition) is 1. The zero-order valence-corrected chi connectivity index (χ0v) is 14.7. The second kappa shape index (κ2) is 7.91. The lowest BCUT2D eigenvalue weighted by Crippen LogP contribution is -2.51. The maximum Gasteiger partial charge on any atom is 0.325 e. The van der Waals surface area contributed by atoms with E-state index in [1.54, 1.807) is 4.90 Å². The van der Waals surface area contributed by atoms with Gasteiger partial charge in [-0.05, 0) is 42.7 Å². The van der Waals surface area contributed by atoms with Crippen molar-refractivity contribution in [3.8, 4) is 5.75 Å². The molecule has 1 fully saturated rings. The van der Waals surface area contributed by atoms with E-state index in [4.69, 9.17) is 9.84 Å². The number of hydrogen-bond acceptors (Lipinski definition) is 3. The van der Waals surface area contributed by atoms with Crippen LogP contribution in [0.25, 0.3) is 0 Å². The standard InChI is InChI=1S/C20H22N2O4/c1-15-12-17(22-11-5-10-21(20(22)25)13-19(23)24)8-9-18(15)26-14-16-6-3-2-4-7-16/h2-4,6-9,12H,5,10-11,13-14H2,1H3,(H,23,24). The average molecular weight is 354 g/mol. The predicted octanol–water partition coefficient (Wildman–Crippen LogP) is 3.29. The number of amides is 2. The Morgan fingerprint density at radius 2 is 1.92 bits per heavy atom. The number of benzene rings is 2. The maximum atomic E-state index is 12.5. The summed E-state index contributed by atoms with van der Waals surface area (Å²) < 4.78 is 5.87. The summed E-state index contributed by atoms with van der Waals surface area (Å²) in [5, 5.41) is 8.94. The third-order valence-electron chi connectivity index (χ3n) is 4.34. The molecule has 3 rings (SSSR count). The van der Waals surface area contributed by atoms with E-state index >= 15 is 0 Å². The van der Waals surface area contributed by atoms with Crippen molar-refractivity contribution >= 4 is 17.7 Å². The molecule has 136 valence electrons. The lowest BCUT2D eigenvalue weighted by molar-refractivity contribution is -0.137. The van der Waals surface area contributed by atoms with Gasteiger partial charge in [-0.15, -0.1) is 0 Å². The van der Waals surface area contributed by atoms with Gasteiger partial charge in [-0.3, -0.25) is 9.69 Å². The minimum Gasteiger partial charge on any atom is -0.489 e. The lowest BCUT2D eigenvalue weighted by atomic mass is 10.1. The summed E-state index contributed by atoms with van der Waals surface area (Å²) in [4.78, 5) is 26.4. The van der Waals surface area contributed by atoms with Crippen molar-refractivity contribution in [1.29, 1.82) is 0 Å². The van der Waals surface area contributed by atoms with Gasteiger partial charge in [-0.1, -0.05) is 30.3 Å². The van der Waals surface area contributed by atoms with E-state index in [1.165, 1.54) is 4.90 Å². The first-order valence-corrected chi connectivity index (χ1v) is 8.60. The number of ether oxygens (including phenoxy) is 1. The zero-order valence-electron chi connectivity index (χ0n) is 14.7. The van der Waals surface area contributed by atoms with E-state index in [2.05, 4.69) is 0 Å². The number of aryl methyl sites for hydroxylation is 1. The SMILES string of the molecule is Cc1cc(N2CCCN(CC(=O)O)C2=O)ccc1OCc1ccccc1. The molecule has 0 atom stereocenters. The van der Waals surface area contributed by atoms with E-state index in [-0.39, 0.29) is 12.6 Å². The van der Waals surface area contributed by atoms with Gasteiger partial charge in [-0.25, -0.2) is 4.79 Å². The molecule has 0 saturated carbocycles. The van der Waals surface area contributed by atoms with Crippen molar-refractivity contribution in [3.63, 3.8) is 0 Å². The Morgan fingerprint density at radius 1 is 1.15 bits per heavy atom. The normalized spacial score (nSPS) is 14.4. The quantitative estimate of drug-likeness (QED) is 0.864. The number of carboxylic acid groups (broad SMARTS) is 1. The molecule has 0 aromatic heterocycles. The molecule has 2 aromatic rings. The Morgan fingerprint density at radius 3 is 2.62 bits per heavy atom. The fourth-order valence-corrected chi connectivity index (χ4v) is 3.03.